The first kappa shape index (κ1) is 56.6. The lowest BCUT2D eigenvalue weighted by atomic mass is 10.0. The second-order valence-electron chi connectivity index (χ2n) is 16.8. The lowest BCUT2D eigenvalue weighted by molar-refractivity contribution is -0.143. The third-order valence-corrected chi connectivity index (χ3v) is 11.9. The lowest BCUT2D eigenvalue weighted by Gasteiger charge is -2.28. The number of hydrogen-bond acceptors (Lipinski definition) is 13. The van der Waals surface area contributed by atoms with Crippen molar-refractivity contribution in [1.29, 1.82) is 0 Å². The number of benzene rings is 3. The zero-order valence-corrected chi connectivity index (χ0v) is 40.1. The summed E-state index contributed by atoms with van der Waals surface area (Å²) in [5, 5.41) is 45.1. The van der Waals surface area contributed by atoms with E-state index in [9.17, 15) is 63.3 Å². The number of carbonyl (C=O) groups excluding carboxylic acids is 8. The summed E-state index contributed by atoms with van der Waals surface area (Å²) >= 11 is 1.33. The van der Waals surface area contributed by atoms with E-state index in [-0.39, 0.29) is 44.3 Å². The number of amides is 8. The fourth-order valence-electron chi connectivity index (χ4n) is 7.40. The molecule has 0 saturated heterocycles. The van der Waals surface area contributed by atoms with E-state index >= 15 is 0 Å². The summed E-state index contributed by atoms with van der Waals surface area (Å²) in [4.78, 5) is 134. The maximum Gasteiger partial charge on any atom is 0.326 e. The number of primary amides is 2. The zero-order valence-electron chi connectivity index (χ0n) is 39.3. The second kappa shape index (κ2) is 28.0. The number of aromatic nitrogens is 1. The summed E-state index contributed by atoms with van der Waals surface area (Å²) < 4.78 is 0. The first-order valence-electron chi connectivity index (χ1n) is 22.7. The van der Waals surface area contributed by atoms with Crippen LogP contribution in [0.5, 0.6) is 5.75 Å². The van der Waals surface area contributed by atoms with Gasteiger partial charge in [0.2, 0.25) is 47.3 Å². The van der Waals surface area contributed by atoms with Crippen LogP contribution in [-0.4, -0.2) is 134 Å². The minimum atomic E-state index is -1.62. The molecule has 0 aliphatic carbocycles. The van der Waals surface area contributed by atoms with Crippen molar-refractivity contribution >= 4 is 81.9 Å². The van der Waals surface area contributed by atoms with Gasteiger partial charge in [-0.05, 0) is 66.2 Å². The molecule has 0 unspecified atom stereocenters. The van der Waals surface area contributed by atoms with Crippen LogP contribution in [0, 0.1) is 0 Å². The minimum absolute atomic E-state index is 0.0114. The van der Waals surface area contributed by atoms with Crippen molar-refractivity contribution in [2.45, 2.75) is 100 Å². The van der Waals surface area contributed by atoms with Crippen LogP contribution in [-0.2, 0) is 67.2 Å². The Bertz CT molecular complexity index is 2560. The van der Waals surface area contributed by atoms with Crippen molar-refractivity contribution in [3.05, 3.63) is 102 Å². The van der Waals surface area contributed by atoms with Crippen molar-refractivity contribution in [3.63, 3.8) is 0 Å². The summed E-state index contributed by atoms with van der Waals surface area (Å²) in [5.74, 6) is -9.88. The van der Waals surface area contributed by atoms with Crippen LogP contribution < -0.4 is 49.1 Å². The third kappa shape index (κ3) is 18.4. The van der Waals surface area contributed by atoms with Gasteiger partial charge in [0.25, 0.3) is 0 Å². The summed E-state index contributed by atoms with van der Waals surface area (Å²) in [7, 11) is 0. The molecule has 0 bridgehead atoms. The number of para-hydroxylation sites is 1. The normalized spacial score (nSPS) is 13.9. The molecule has 8 amide bonds. The number of aromatic amines is 1. The smallest absolute Gasteiger partial charge is 0.326 e. The molecular weight excluding hydrogens is 957 g/mol. The van der Waals surface area contributed by atoms with E-state index in [1.54, 1.807) is 67.0 Å². The standard InChI is InChI=1S/C48H60N10O13S/c1-72-20-19-35(55-46(68)36(21-26-7-3-2-4-8-26)56-43(65)33(15-17-39(50)60)53-42(64)31(49)24-40(51)61)45(67)57-37(23-28-25-52-32-10-6-5-9-30(28)32)47(69)54-34(16-18-41(62)63)44(66)58-38(48(70)71)22-27-11-13-29(59)14-12-27/h2-14,25,31,33-38,52,59H,15-24,49H2,1H3,(H2,50,60)(H2,51,61)(H,53,64)(H,54,69)(H,55,68)(H,56,65)(H,57,67)(H,58,66)(H,62,63)(H,70,71)/t31-,33-,34-,35-,36-,37-,38-/m0/s1. The highest BCUT2D eigenvalue weighted by atomic mass is 32.2. The number of carbonyl (C=O) groups is 10. The third-order valence-electron chi connectivity index (χ3n) is 11.2. The number of H-pyrrole nitrogens is 1. The van der Waals surface area contributed by atoms with Crippen LogP contribution in [0.2, 0.25) is 0 Å². The van der Waals surface area contributed by atoms with E-state index in [1.807, 2.05) is 0 Å². The van der Waals surface area contributed by atoms with Gasteiger partial charge in [0.05, 0.1) is 12.5 Å². The van der Waals surface area contributed by atoms with Gasteiger partial charge in [-0.2, -0.15) is 11.8 Å². The van der Waals surface area contributed by atoms with Crippen LogP contribution in [0.15, 0.2) is 85.1 Å². The number of aromatic hydroxyl groups is 1. The van der Waals surface area contributed by atoms with E-state index in [0.29, 0.717) is 33.3 Å². The molecule has 72 heavy (non-hydrogen) atoms. The first-order chi connectivity index (χ1) is 34.2. The van der Waals surface area contributed by atoms with Crippen LogP contribution >= 0.6 is 11.8 Å². The summed E-state index contributed by atoms with van der Waals surface area (Å²) in [5.41, 5.74) is 18.5. The molecular formula is C48H60N10O13S. The van der Waals surface area contributed by atoms with Gasteiger partial charge >= 0.3 is 11.9 Å². The van der Waals surface area contributed by atoms with Crippen molar-refractivity contribution in [2.24, 2.45) is 17.2 Å². The number of hydrogen-bond donors (Lipinski definition) is 13. The van der Waals surface area contributed by atoms with Gasteiger partial charge in [-0.15, -0.1) is 0 Å². The van der Waals surface area contributed by atoms with Gasteiger partial charge in [0.1, 0.15) is 42.0 Å². The van der Waals surface area contributed by atoms with E-state index in [1.165, 1.54) is 36.0 Å². The monoisotopic (exact) mass is 1020 g/mol. The zero-order chi connectivity index (χ0) is 52.9. The number of rotatable bonds is 30. The van der Waals surface area contributed by atoms with Crippen molar-refractivity contribution in [2.75, 3.05) is 12.0 Å². The van der Waals surface area contributed by atoms with Crippen LogP contribution in [0.25, 0.3) is 10.9 Å². The topological polar surface area (TPSA) is 397 Å². The highest BCUT2D eigenvalue weighted by Crippen LogP contribution is 2.20. The number of nitrogens with two attached hydrogens (primary N) is 3. The van der Waals surface area contributed by atoms with E-state index in [2.05, 4.69) is 36.9 Å². The van der Waals surface area contributed by atoms with Crippen molar-refractivity contribution in [1.82, 2.24) is 36.9 Å². The number of fused-ring (bicyclic) bond motifs is 1. The Labute approximate surface area is 417 Å². The maximum atomic E-state index is 14.5. The molecule has 24 heteroatoms. The van der Waals surface area contributed by atoms with Crippen LogP contribution in [0.3, 0.4) is 0 Å². The largest absolute Gasteiger partial charge is 0.508 e. The van der Waals surface area contributed by atoms with Crippen molar-refractivity contribution < 1.29 is 63.3 Å². The summed E-state index contributed by atoms with van der Waals surface area (Å²) in [6.07, 6.45) is 0.392. The quantitative estimate of drug-likeness (QED) is 0.0297. The van der Waals surface area contributed by atoms with Gasteiger partial charge < -0.3 is 69.4 Å². The first-order valence-corrected chi connectivity index (χ1v) is 24.1. The number of aliphatic carboxylic acids is 2. The van der Waals surface area contributed by atoms with Crippen LogP contribution in [0.1, 0.15) is 55.2 Å². The predicted octanol–water partition coefficient (Wildman–Crippen LogP) is -1.02. The molecule has 0 aliphatic rings. The van der Waals surface area contributed by atoms with Crippen molar-refractivity contribution in [3.8, 4) is 5.75 Å². The second-order valence-corrected chi connectivity index (χ2v) is 17.8. The molecule has 4 rings (SSSR count). The number of thioether (sulfide) groups is 1. The highest BCUT2D eigenvalue weighted by Gasteiger charge is 2.35. The number of nitrogens with one attached hydrogen (secondary N) is 7. The molecule has 0 fully saturated rings. The molecule has 0 aliphatic heterocycles. The molecule has 1 aromatic heterocycles. The van der Waals surface area contributed by atoms with Gasteiger partial charge in [-0.25, -0.2) is 4.79 Å². The highest BCUT2D eigenvalue weighted by molar-refractivity contribution is 7.98. The average molecular weight is 1020 g/mol. The molecule has 23 nitrogen and oxygen atoms in total. The molecule has 1 heterocycles. The summed E-state index contributed by atoms with van der Waals surface area (Å²) in [6.45, 7) is 0. The lowest BCUT2D eigenvalue weighted by Crippen LogP contribution is -2.60. The molecule has 4 aromatic rings. The van der Waals surface area contributed by atoms with E-state index in [4.69, 9.17) is 17.2 Å². The Morgan fingerprint density at radius 3 is 1.58 bits per heavy atom. The SMILES string of the molecule is CSCC[C@H](NC(=O)[C@H](Cc1ccccc1)NC(=O)[C@H](CCC(N)=O)NC(=O)[C@@H](N)CC(N)=O)C(=O)N[C@@H](Cc1c[nH]c2ccccc12)C(=O)N[C@@H](CCC(=O)O)C(=O)N[C@@H](Cc1ccc(O)cc1)C(=O)O. The number of phenolic OH excluding ortho intramolecular Hbond substituents is 1. The molecule has 0 saturated carbocycles. The maximum absolute atomic E-state index is 14.5. The Morgan fingerprint density at radius 1 is 0.556 bits per heavy atom. The molecule has 16 N–H and O–H groups in total. The number of carboxylic acid groups (broad SMARTS) is 2. The van der Waals surface area contributed by atoms with E-state index in [0.717, 1.165) is 0 Å². The fourth-order valence-corrected chi connectivity index (χ4v) is 7.87. The number of carboxylic acids is 2. The van der Waals surface area contributed by atoms with Gasteiger partial charge in [-0.1, -0.05) is 60.7 Å². The fraction of sp³-hybridized carbons (Fsp3) is 0.375. The van der Waals surface area contributed by atoms with Gasteiger partial charge in [0.15, 0.2) is 0 Å². The minimum Gasteiger partial charge on any atom is -0.508 e. The molecule has 386 valence electrons. The van der Waals surface area contributed by atoms with Crippen LogP contribution in [0.4, 0.5) is 0 Å². The Kier molecular flexibility index (Phi) is 22.0. The summed E-state index contributed by atoms with van der Waals surface area (Å²) in [6, 6.07) is 10.7. The number of phenols is 1. The molecule has 3 aromatic carbocycles. The molecule has 0 radical (unpaired) electrons. The van der Waals surface area contributed by atoms with E-state index < -0.39 is 121 Å². The van der Waals surface area contributed by atoms with Gasteiger partial charge in [0, 0.05) is 49.2 Å². The average Bonchev–Trinajstić information content (AvgIpc) is 3.74. The Balaban J connectivity index is 1.65. The Hall–Kier alpha value is -7.99. The Morgan fingerprint density at radius 2 is 1.03 bits per heavy atom. The molecule has 0 spiro atoms. The van der Waals surface area contributed by atoms with Gasteiger partial charge in [-0.3, -0.25) is 43.2 Å². The predicted molar refractivity (Wildman–Crippen MR) is 263 cm³/mol. The molecule has 7 atom stereocenters.